The van der Waals surface area contributed by atoms with E-state index in [9.17, 15) is 4.79 Å². The van der Waals surface area contributed by atoms with Crippen molar-refractivity contribution in [1.82, 2.24) is 14.8 Å². The lowest BCUT2D eigenvalue weighted by Gasteiger charge is -2.21. The number of hydrogen-bond donors (Lipinski definition) is 0. The average molecular weight is 424 g/mol. The summed E-state index contributed by atoms with van der Waals surface area (Å²) in [6.07, 6.45) is 7.16. The van der Waals surface area contributed by atoms with Gasteiger partial charge in [0.15, 0.2) is 11.5 Å². The van der Waals surface area contributed by atoms with E-state index in [1.807, 2.05) is 23.1 Å². The molecule has 3 heterocycles. The van der Waals surface area contributed by atoms with Gasteiger partial charge in [-0.25, -0.2) is 4.98 Å². The van der Waals surface area contributed by atoms with Gasteiger partial charge in [0.2, 0.25) is 0 Å². The van der Waals surface area contributed by atoms with Crippen molar-refractivity contribution in [1.29, 1.82) is 0 Å². The van der Waals surface area contributed by atoms with Crippen LogP contribution < -0.4 is 0 Å². The van der Waals surface area contributed by atoms with Crippen molar-refractivity contribution in [2.75, 3.05) is 26.2 Å². The molecule has 0 radical (unpaired) electrons. The van der Waals surface area contributed by atoms with E-state index in [2.05, 4.69) is 22.4 Å². The molecule has 1 aromatic carbocycles. The van der Waals surface area contributed by atoms with Crippen LogP contribution in [0.25, 0.3) is 11.1 Å². The zero-order valence-electron chi connectivity index (χ0n) is 17.4. The summed E-state index contributed by atoms with van der Waals surface area (Å²) in [6.45, 7) is 4.51. The summed E-state index contributed by atoms with van der Waals surface area (Å²) in [6, 6.07) is 10.0. The first-order valence-corrected chi connectivity index (χ1v) is 12.1. The summed E-state index contributed by atoms with van der Waals surface area (Å²) in [5.74, 6) is 1.39. The third-order valence-electron chi connectivity index (χ3n) is 6.44. The Morgan fingerprint density at radius 3 is 2.80 bits per heavy atom. The Bertz CT molecular complexity index is 991. The molecule has 30 heavy (non-hydrogen) atoms. The number of carbonyl (C=O) groups is 1. The van der Waals surface area contributed by atoms with Gasteiger partial charge in [0.05, 0.1) is 0 Å². The van der Waals surface area contributed by atoms with Crippen LogP contribution in [0.5, 0.6) is 0 Å². The van der Waals surface area contributed by atoms with Crippen molar-refractivity contribution in [2.45, 2.75) is 51.0 Å². The lowest BCUT2D eigenvalue weighted by Crippen LogP contribution is -2.35. The smallest absolute Gasteiger partial charge is 0.254 e. The summed E-state index contributed by atoms with van der Waals surface area (Å²) in [7, 11) is 0. The van der Waals surface area contributed by atoms with E-state index in [1.165, 1.54) is 24.1 Å². The number of thiophene rings is 1. The van der Waals surface area contributed by atoms with Crippen molar-refractivity contribution in [3.05, 3.63) is 52.0 Å². The van der Waals surface area contributed by atoms with Crippen LogP contribution in [0.4, 0.5) is 0 Å². The minimum Gasteiger partial charge on any atom is -0.440 e. The van der Waals surface area contributed by atoms with Crippen LogP contribution >= 0.6 is 11.3 Å². The molecular formula is C24H29N3O2S. The molecule has 158 valence electrons. The molecule has 0 atom stereocenters. The lowest BCUT2D eigenvalue weighted by molar-refractivity contribution is 0.0761. The molecule has 1 aliphatic heterocycles. The van der Waals surface area contributed by atoms with Gasteiger partial charge in [-0.05, 0) is 48.9 Å². The zero-order valence-corrected chi connectivity index (χ0v) is 18.2. The van der Waals surface area contributed by atoms with Gasteiger partial charge in [0.25, 0.3) is 5.91 Å². The molecule has 0 N–H and O–H groups in total. The van der Waals surface area contributed by atoms with E-state index in [0.717, 1.165) is 69.0 Å². The fourth-order valence-electron chi connectivity index (χ4n) is 4.74. The van der Waals surface area contributed by atoms with Gasteiger partial charge in [0.1, 0.15) is 5.52 Å². The Balaban J connectivity index is 1.27. The standard InChI is InChI=1S/C24H29N3O2S/c28-24(27-12-5-11-26(13-14-27)17-20-8-4-15-30-20)19-9-10-21-22(16-19)29-23(25-21)18-6-2-1-3-7-18/h4,8-10,15-16,18H,1-3,5-7,11-14,17H2. The highest BCUT2D eigenvalue weighted by Gasteiger charge is 2.23. The summed E-state index contributed by atoms with van der Waals surface area (Å²) in [5, 5.41) is 2.13. The summed E-state index contributed by atoms with van der Waals surface area (Å²) >= 11 is 1.80. The fraction of sp³-hybridized carbons (Fsp3) is 0.500. The third-order valence-corrected chi connectivity index (χ3v) is 7.30. The average Bonchev–Trinajstić information content (AvgIpc) is 3.39. The maximum atomic E-state index is 13.2. The van der Waals surface area contributed by atoms with Crippen LogP contribution in [0.15, 0.2) is 40.1 Å². The van der Waals surface area contributed by atoms with Gasteiger partial charge in [-0.3, -0.25) is 9.69 Å². The molecule has 1 saturated carbocycles. The van der Waals surface area contributed by atoms with Gasteiger partial charge in [-0.1, -0.05) is 25.3 Å². The Morgan fingerprint density at radius 1 is 1.07 bits per heavy atom. The first kappa shape index (κ1) is 19.8. The summed E-state index contributed by atoms with van der Waals surface area (Å²) in [5.41, 5.74) is 2.32. The number of amides is 1. The Morgan fingerprint density at radius 2 is 1.97 bits per heavy atom. The first-order chi connectivity index (χ1) is 14.8. The minimum atomic E-state index is 0.102. The molecule has 2 aromatic heterocycles. The van der Waals surface area contributed by atoms with Gasteiger partial charge < -0.3 is 9.32 Å². The number of aromatic nitrogens is 1. The Labute approximate surface area is 181 Å². The van der Waals surface area contributed by atoms with Crippen molar-refractivity contribution >= 4 is 28.3 Å². The van der Waals surface area contributed by atoms with E-state index < -0.39 is 0 Å². The third kappa shape index (κ3) is 4.30. The topological polar surface area (TPSA) is 49.6 Å². The molecule has 0 bridgehead atoms. The second kappa shape index (κ2) is 8.90. The van der Waals surface area contributed by atoms with Crippen LogP contribution in [0, 0.1) is 0 Å². The molecular weight excluding hydrogens is 394 g/mol. The predicted molar refractivity (Wildman–Crippen MR) is 120 cm³/mol. The van der Waals surface area contributed by atoms with Crippen LogP contribution in [0.2, 0.25) is 0 Å². The van der Waals surface area contributed by atoms with Crippen LogP contribution in [-0.2, 0) is 6.54 Å². The maximum absolute atomic E-state index is 13.2. The number of hydrogen-bond acceptors (Lipinski definition) is 5. The normalized spacial score (nSPS) is 19.3. The Hall–Kier alpha value is -2.18. The molecule has 5 nitrogen and oxygen atoms in total. The zero-order chi connectivity index (χ0) is 20.3. The van der Waals surface area contributed by atoms with Crippen molar-refractivity contribution < 1.29 is 9.21 Å². The predicted octanol–water partition coefficient (Wildman–Crippen LogP) is 5.29. The fourth-order valence-corrected chi connectivity index (χ4v) is 5.48. The van der Waals surface area contributed by atoms with Crippen LogP contribution in [-0.4, -0.2) is 46.9 Å². The highest BCUT2D eigenvalue weighted by Crippen LogP contribution is 2.34. The largest absolute Gasteiger partial charge is 0.440 e. The highest BCUT2D eigenvalue weighted by molar-refractivity contribution is 7.09. The van der Waals surface area contributed by atoms with E-state index in [0.29, 0.717) is 11.5 Å². The molecule has 1 saturated heterocycles. The molecule has 5 rings (SSSR count). The number of oxazole rings is 1. The number of fused-ring (bicyclic) bond motifs is 1. The molecule has 1 aliphatic carbocycles. The minimum absolute atomic E-state index is 0.102. The quantitative estimate of drug-likeness (QED) is 0.572. The second-order valence-corrected chi connectivity index (χ2v) is 9.60. The number of rotatable bonds is 4. The van der Waals surface area contributed by atoms with Crippen LogP contribution in [0.3, 0.4) is 0 Å². The Kier molecular flexibility index (Phi) is 5.86. The van der Waals surface area contributed by atoms with E-state index in [1.54, 1.807) is 11.3 Å². The number of carbonyl (C=O) groups excluding carboxylic acids is 1. The number of benzene rings is 1. The molecule has 0 spiro atoms. The van der Waals surface area contributed by atoms with Crippen molar-refractivity contribution in [3.8, 4) is 0 Å². The summed E-state index contributed by atoms with van der Waals surface area (Å²) in [4.78, 5) is 23.7. The molecule has 3 aromatic rings. The summed E-state index contributed by atoms with van der Waals surface area (Å²) < 4.78 is 6.10. The SMILES string of the molecule is O=C(c1ccc2nc(C3CCCCC3)oc2c1)N1CCCN(Cc2cccs2)CC1. The second-order valence-electron chi connectivity index (χ2n) is 8.57. The molecule has 0 unspecified atom stereocenters. The van der Waals surface area contributed by atoms with Gasteiger partial charge in [-0.2, -0.15) is 0 Å². The lowest BCUT2D eigenvalue weighted by atomic mass is 9.89. The van der Waals surface area contributed by atoms with E-state index >= 15 is 0 Å². The molecule has 2 aliphatic rings. The monoisotopic (exact) mass is 423 g/mol. The van der Waals surface area contributed by atoms with Crippen molar-refractivity contribution in [2.24, 2.45) is 0 Å². The van der Waals surface area contributed by atoms with E-state index in [-0.39, 0.29) is 5.91 Å². The molecule has 6 heteroatoms. The first-order valence-electron chi connectivity index (χ1n) is 11.2. The highest BCUT2D eigenvalue weighted by atomic mass is 32.1. The van der Waals surface area contributed by atoms with E-state index in [4.69, 9.17) is 9.40 Å². The maximum Gasteiger partial charge on any atom is 0.254 e. The molecule has 2 fully saturated rings. The van der Waals surface area contributed by atoms with Crippen molar-refractivity contribution in [3.63, 3.8) is 0 Å². The molecule has 1 amide bonds. The van der Waals surface area contributed by atoms with Gasteiger partial charge in [0, 0.05) is 49.1 Å². The van der Waals surface area contributed by atoms with Gasteiger partial charge in [-0.15, -0.1) is 11.3 Å². The van der Waals surface area contributed by atoms with Gasteiger partial charge >= 0.3 is 0 Å². The number of nitrogens with zero attached hydrogens (tertiary/aromatic N) is 3. The van der Waals surface area contributed by atoms with Crippen LogP contribution in [0.1, 0.15) is 65.6 Å².